The predicted molar refractivity (Wildman–Crippen MR) is 72.0 cm³/mol. The molecule has 0 saturated heterocycles. The Labute approximate surface area is 108 Å². The Morgan fingerprint density at radius 1 is 1.39 bits per heavy atom. The molecule has 0 saturated carbocycles. The highest BCUT2D eigenvalue weighted by Gasteiger charge is 2.30. The number of benzene rings is 1. The molecule has 1 unspecified atom stereocenters. The van der Waals surface area contributed by atoms with Gasteiger partial charge in [-0.05, 0) is 45.5 Å². The highest BCUT2D eigenvalue weighted by atomic mass is 16.5. The normalized spacial score (nSPS) is 19.5. The fourth-order valence-corrected chi connectivity index (χ4v) is 2.04. The van der Waals surface area contributed by atoms with E-state index < -0.39 is 6.10 Å². The number of rotatable bonds is 2. The van der Waals surface area contributed by atoms with Crippen molar-refractivity contribution in [3.8, 4) is 5.75 Å². The first kappa shape index (κ1) is 12.9. The number of nitrogens with one attached hydrogen (secondary N) is 1. The fourth-order valence-electron chi connectivity index (χ4n) is 2.04. The van der Waals surface area contributed by atoms with Gasteiger partial charge < -0.3 is 15.0 Å². The van der Waals surface area contributed by atoms with E-state index in [1.54, 1.807) is 18.9 Å². The van der Waals surface area contributed by atoms with Crippen LogP contribution >= 0.6 is 0 Å². The highest BCUT2D eigenvalue weighted by Crippen LogP contribution is 2.36. The number of ether oxygens (including phenoxy) is 1. The second-order valence-electron chi connectivity index (χ2n) is 5.21. The number of carbonyl (C=O) groups excluding carboxylic acids is 1. The Kier molecular flexibility index (Phi) is 3.07. The van der Waals surface area contributed by atoms with Gasteiger partial charge in [0, 0.05) is 12.6 Å². The standard InChI is InChI=1S/C14H20N2O2/c1-9-13(17)16(5)11-8-10(14(2,3)15-4)6-7-12(11)18-9/h6-9,15H,1-5H3. The highest BCUT2D eigenvalue weighted by molar-refractivity contribution is 5.99. The number of likely N-dealkylation sites (N-methyl/N-ethyl adjacent to an activating group) is 1. The van der Waals surface area contributed by atoms with Crippen LogP contribution in [0.1, 0.15) is 26.3 Å². The van der Waals surface area contributed by atoms with Crippen molar-refractivity contribution >= 4 is 11.6 Å². The van der Waals surface area contributed by atoms with Gasteiger partial charge in [-0.15, -0.1) is 0 Å². The second kappa shape index (κ2) is 4.28. The van der Waals surface area contributed by atoms with Crippen LogP contribution in [0.4, 0.5) is 5.69 Å². The lowest BCUT2D eigenvalue weighted by atomic mass is 9.93. The molecular weight excluding hydrogens is 228 g/mol. The van der Waals surface area contributed by atoms with E-state index in [-0.39, 0.29) is 11.4 Å². The van der Waals surface area contributed by atoms with E-state index in [1.165, 1.54) is 0 Å². The molecule has 18 heavy (non-hydrogen) atoms. The lowest BCUT2D eigenvalue weighted by Crippen LogP contribution is -2.42. The van der Waals surface area contributed by atoms with Gasteiger partial charge in [0.05, 0.1) is 5.69 Å². The summed E-state index contributed by atoms with van der Waals surface area (Å²) in [5.74, 6) is 0.752. The summed E-state index contributed by atoms with van der Waals surface area (Å²) >= 11 is 0. The Morgan fingerprint density at radius 2 is 2.06 bits per heavy atom. The summed E-state index contributed by atoms with van der Waals surface area (Å²) in [6, 6.07) is 5.98. The van der Waals surface area contributed by atoms with Crippen LogP contribution in [0.15, 0.2) is 18.2 Å². The van der Waals surface area contributed by atoms with Crippen molar-refractivity contribution in [2.24, 2.45) is 0 Å². The molecule has 2 rings (SSSR count). The molecule has 98 valence electrons. The maximum Gasteiger partial charge on any atom is 0.267 e. The first-order chi connectivity index (χ1) is 8.36. The lowest BCUT2D eigenvalue weighted by Gasteiger charge is -2.32. The minimum Gasteiger partial charge on any atom is -0.479 e. The van der Waals surface area contributed by atoms with Crippen LogP contribution in [0.2, 0.25) is 0 Å². The van der Waals surface area contributed by atoms with Gasteiger partial charge in [-0.1, -0.05) is 6.07 Å². The molecule has 1 amide bonds. The molecule has 1 aromatic rings. The zero-order valence-electron chi connectivity index (χ0n) is 11.6. The molecule has 1 aliphatic rings. The average molecular weight is 248 g/mol. The van der Waals surface area contributed by atoms with E-state index in [1.807, 2.05) is 25.2 Å². The van der Waals surface area contributed by atoms with Gasteiger partial charge in [0.25, 0.3) is 5.91 Å². The maximum atomic E-state index is 11.9. The molecule has 1 atom stereocenters. The Balaban J connectivity index is 2.47. The minimum absolute atomic E-state index is 0.0121. The van der Waals surface area contributed by atoms with Crippen LogP contribution < -0.4 is 15.0 Å². The molecule has 4 nitrogen and oxygen atoms in total. The molecule has 1 N–H and O–H groups in total. The maximum absolute atomic E-state index is 11.9. The zero-order valence-corrected chi connectivity index (χ0v) is 11.6. The number of anilines is 1. The summed E-state index contributed by atoms with van der Waals surface area (Å²) in [6.45, 7) is 5.97. The Bertz CT molecular complexity index is 483. The van der Waals surface area contributed by atoms with Crippen LogP contribution in [-0.2, 0) is 10.3 Å². The smallest absolute Gasteiger partial charge is 0.267 e. The van der Waals surface area contributed by atoms with Crippen LogP contribution in [-0.4, -0.2) is 26.1 Å². The molecule has 1 aliphatic heterocycles. The third kappa shape index (κ3) is 1.97. The fraction of sp³-hybridized carbons (Fsp3) is 0.500. The predicted octanol–water partition coefficient (Wildman–Crippen LogP) is 1.88. The van der Waals surface area contributed by atoms with Crippen LogP contribution in [0, 0.1) is 0 Å². The molecule has 0 bridgehead atoms. The molecule has 4 heteroatoms. The van der Waals surface area contributed by atoms with Crippen molar-refractivity contribution in [1.82, 2.24) is 5.32 Å². The molecule has 1 heterocycles. The zero-order chi connectivity index (χ0) is 13.5. The third-order valence-corrected chi connectivity index (χ3v) is 3.65. The summed E-state index contributed by atoms with van der Waals surface area (Å²) in [4.78, 5) is 13.6. The Hall–Kier alpha value is -1.55. The summed E-state index contributed by atoms with van der Waals surface area (Å²) in [7, 11) is 3.71. The summed E-state index contributed by atoms with van der Waals surface area (Å²) in [5.41, 5.74) is 1.82. The summed E-state index contributed by atoms with van der Waals surface area (Å²) in [6.07, 6.45) is -0.411. The first-order valence-electron chi connectivity index (χ1n) is 6.14. The van der Waals surface area contributed by atoms with E-state index in [2.05, 4.69) is 19.2 Å². The average Bonchev–Trinajstić information content (AvgIpc) is 2.35. The largest absolute Gasteiger partial charge is 0.479 e. The molecule has 1 aromatic carbocycles. The van der Waals surface area contributed by atoms with Crippen LogP contribution in [0.3, 0.4) is 0 Å². The molecule has 0 fully saturated rings. The number of hydrogen-bond acceptors (Lipinski definition) is 3. The van der Waals surface area contributed by atoms with Gasteiger partial charge in [-0.3, -0.25) is 4.79 Å². The van der Waals surface area contributed by atoms with Gasteiger partial charge in [-0.25, -0.2) is 0 Å². The number of fused-ring (bicyclic) bond motifs is 1. The minimum atomic E-state index is -0.411. The van der Waals surface area contributed by atoms with Gasteiger partial charge in [0.1, 0.15) is 5.75 Å². The molecule has 0 radical (unpaired) electrons. The monoisotopic (exact) mass is 248 g/mol. The first-order valence-corrected chi connectivity index (χ1v) is 6.14. The lowest BCUT2D eigenvalue weighted by molar-refractivity contribution is -0.125. The second-order valence-corrected chi connectivity index (χ2v) is 5.21. The van der Waals surface area contributed by atoms with E-state index >= 15 is 0 Å². The van der Waals surface area contributed by atoms with Gasteiger partial charge in [0.15, 0.2) is 6.10 Å². The van der Waals surface area contributed by atoms with Crippen molar-refractivity contribution in [3.05, 3.63) is 23.8 Å². The third-order valence-electron chi connectivity index (χ3n) is 3.65. The van der Waals surface area contributed by atoms with Crippen molar-refractivity contribution in [2.45, 2.75) is 32.4 Å². The van der Waals surface area contributed by atoms with Gasteiger partial charge in [0.2, 0.25) is 0 Å². The van der Waals surface area contributed by atoms with Gasteiger partial charge in [-0.2, -0.15) is 0 Å². The van der Waals surface area contributed by atoms with E-state index in [0.29, 0.717) is 0 Å². The van der Waals surface area contributed by atoms with Crippen LogP contribution in [0.25, 0.3) is 0 Å². The number of carbonyl (C=O) groups is 1. The molecule has 0 aliphatic carbocycles. The van der Waals surface area contributed by atoms with Crippen LogP contribution in [0.5, 0.6) is 5.75 Å². The SMILES string of the molecule is CNC(C)(C)c1ccc2c(c1)N(C)C(=O)C(C)O2. The van der Waals surface area contributed by atoms with Crippen molar-refractivity contribution in [2.75, 3.05) is 19.0 Å². The Morgan fingerprint density at radius 3 is 2.67 bits per heavy atom. The van der Waals surface area contributed by atoms with Crippen molar-refractivity contribution in [1.29, 1.82) is 0 Å². The quantitative estimate of drug-likeness (QED) is 0.869. The van der Waals surface area contributed by atoms with Gasteiger partial charge >= 0.3 is 0 Å². The van der Waals surface area contributed by atoms with E-state index in [4.69, 9.17) is 4.74 Å². The van der Waals surface area contributed by atoms with E-state index in [9.17, 15) is 4.79 Å². The molecule has 0 aromatic heterocycles. The molecule has 0 spiro atoms. The van der Waals surface area contributed by atoms with Crippen molar-refractivity contribution < 1.29 is 9.53 Å². The number of nitrogens with zero attached hydrogens (tertiary/aromatic N) is 1. The van der Waals surface area contributed by atoms with E-state index in [0.717, 1.165) is 17.0 Å². The molecular formula is C14H20N2O2. The number of amides is 1. The summed E-state index contributed by atoms with van der Waals surface area (Å²) in [5, 5.41) is 3.25. The van der Waals surface area contributed by atoms with Crippen molar-refractivity contribution in [3.63, 3.8) is 0 Å². The summed E-state index contributed by atoms with van der Waals surface area (Å²) < 4.78 is 5.60. The number of hydrogen-bond donors (Lipinski definition) is 1. The topological polar surface area (TPSA) is 41.6 Å².